The van der Waals surface area contributed by atoms with Gasteiger partial charge in [0.15, 0.2) is 0 Å². The van der Waals surface area contributed by atoms with Gasteiger partial charge in [0.05, 0.1) is 11.4 Å². The predicted molar refractivity (Wildman–Crippen MR) is 73.3 cm³/mol. The number of carboxylic acid groups (broad SMARTS) is 1. The standard InChI is InChI=1S/C12H14N4O4S/c1-7-11(8(2)16-15-7)21(19,20)14-6-9-3-4-10(12(17)18)13-5-9/h3-5,14H,6H2,1-2H3,(H,15,16)(H,17,18). The van der Waals surface area contributed by atoms with Crippen LogP contribution in [0.25, 0.3) is 0 Å². The minimum atomic E-state index is -3.69. The molecule has 2 aromatic rings. The van der Waals surface area contributed by atoms with Gasteiger partial charge in [-0.15, -0.1) is 0 Å². The van der Waals surface area contributed by atoms with E-state index in [9.17, 15) is 13.2 Å². The lowest BCUT2D eigenvalue weighted by Crippen LogP contribution is -2.24. The third kappa shape index (κ3) is 3.26. The first-order valence-corrected chi connectivity index (χ1v) is 7.49. The van der Waals surface area contributed by atoms with E-state index in [4.69, 9.17) is 5.11 Å². The van der Waals surface area contributed by atoms with Crippen molar-refractivity contribution in [3.05, 3.63) is 41.0 Å². The number of nitrogens with one attached hydrogen (secondary N) is 2. The molecule has 2 heterocycles. The van der Waals surface area contributed by atoms with Crippen molar-refractivity contribution in [2.24, 2.45) is 0 Å². The zero-order valence-corrected chi connectivity index (χ0v) is 12.2. The van der Waals surface area contributed by atoms with Crippen LogP contribution in [0.15, 0.2) is 23.2 Å². The number of carbonyl (C=O) groups is 1. The molecule has 0 unspecified atom stereocenters. The molecule has 8 nitrogen and oxygen atoms in total. The zero-order chi connectivity index (χ0) is 15.6. The molecule has 0 bridgehead atoms. The van der Waals surface area contributed by atoms with E-state index < -0.39 is 16.0 Å². The number of aromatic carboxylic acids is 1. The van der Waals surface area contributed by atoms with Gasteiger partial charge in [0.25, 0.3) is 0 Å². The molecule has 112 valence electrons. The Hall–Kier alpha value is -2.26. The van der Waals surface area contributed by atoms with Crippen LogP contribution in [0.4, 0.5) is 0 Å². The molecule has 2 rings (SSSR count). The second kappa shape index (κ2) is 5.62. The summed E-state index contributed by atoms with van der Waals surface area (Å²) in [7, 11) is -3.69. The van der Waals surface area contributed by atoms with Crippen molar-refractivity contribution < 1.29 is 18.3 Å². The number of aromatic amines is 1. The Morgan fingerprint density at radius 3 is 2.57 bits per heavy atom. The summed E-state index contributed by atoms with van der Waals surface area (Å²) in [6.07, 6.45) is 1.32. The average molecular weight is 310 g/mol. The van der Waals surface area contributed by atoms with Gasteiger partial charge in [0.1, 0.15) is 10.6 Å². The lowest BCUT2D eigenvalue weighted by molar-refractivity contribution is 0.0690. The number of aromatic nitrogens is 3. The first-order chi connectivity index (χ1) is 9.81. The van der Waals surface area contributed by atoms with Gasteiger partial charge < -0.3 is 5.11 Å². The largest absolute Gasteiger partial charge is 0.477 e. The number of rotatable bonds is 5. The Bertz CT molecular complexity index is 746. The molecule has 0 aliphatic carbocycles. The summed E-state index contributed by atoms with van der Waals surface area (Å²) in [5.74, 6) is -1.13. The molecule has 0 saturated heterocycles. The van der Waals surface area contributed by atoms with Crippen LogP contribution < -0.4 is 4.72 Å². The molecular formula is C12H14N4O4S. The number of hydrogen-bond donors (Lipinski definition) is 3. The highest BCUT2D eigenvalue weighted by Gasteiger charge is 2.21. The van der Waals surface area contributed by atoms with Crippen molar-refractivity contribution in [1.82, 2.24) is 19.9 Å². The highest BCUT2D eigenvalue weighted by molar-refractivity contribution is 7.89. The van der Waals surface area contributed by atoms with E-state index in [1.165, 1.54) is 18.3 Å². The highest BCUT2D eigenvalue weighted by Crippen LogP contribution is 2.16. The Morgan fingerprint density at radius 2 is 2.10 bits per heavy atom. The molecule has 0 saturated carbocycles. The molecule has 0 radical (unpaired) electrons. The normalized spacial score (nSPS) is 11.5. The molecule has 2 aromatic heterocycles. The lowest BCUT2D eigenvalue weighted by Gasteiger charge is -2.07. The van der Waals surface area contributed by atoms with Crippen molar-refractivity contribution in [2.75, 3.05) is 0 Å². The summed E-state index contributed by atoms with van der Waals surface area (Å²) in [6, 6.07) is 2.83. The first-order valence-electron chi connectivity index (χ1n) is 6.00. The van der Waals surface area contributed by atoms with E-state index >= 15 is 0 Å². The lowest BCUT2D eigenvalue weighted by atomic mass is 10.2. The van der Waals surface area contributed by atoms with Gasteiger partial charge in [-0.2, -0.15) is 5.10 Å². The maximum atomic E-state index is 12.2. The molecule has 0 spiro atoms. The number of pyridine rings is 1. The van der Waals surface area contributed by atoms with Gasteiger partial charge in [0, 0.05) is 12.7 Å². The predicted octanol–water partition coefficient (Wildman–Crippen LogP) is 0.598. The van der Waals surface area contributed by atoms with Gasteiger partial charge in [-0.25, -0.2) is 22.9 Å². The topological polar surface area (TPSA) is 125 Å². The summed E-state index contributed by atoms with van der Waals surface area (Å²) >= 11 is 0. The van der Waals surface area contributed by atoms with Gasteiger partial charge >= 0.3 is 5.97 Å². The van der Waals surface area contributed by atoms with E-state index in [0.29, 0.717) is 17.0 Å². The average Bonchev–Trinajstić information content (AvgIpc) is 2.77. The zero-order valence-electron chi connectivity index (χ0n) is 11.4. The van der Waals surface area contributed by atoms with Gasteiger partial charge in [0.2, 0.25) is 10.0 Å². The van der Waals surface area contributed by atoms with Crippen LogP contribution in [0.2, 0.25) is 0 Å². The van der Waals surface area contributed by atoms with E-state index in [2.05, 4.69) is 19.9 Å². The van der Waals surface area contributed by atoms with Crippen molar-refractivity contribution in [3.63, 3.8) is 0 Å². The summed E-state index contributed by atoms with van der Waals surface area (Å²) in [6.45, 7) is 3.23. The van der Waals surface area contributed by atoms with Crippen molar-refractivity contribution in [1.29, 1.82) is 0 Å². The van der Waals surface area contributed by atoms with Crippen LogP contribution in [0.5, 0.6) is 0 Å². The van der Waals surface area contributed by atoms with Crippen LogP contribution in [0.1, 0.15) is 27.4 Å². The number of H-pyrrole nitrogens is 1. The van der Waals surface area contributed by atoms with E-state index in [0.717, 1.165) is 0 Å². The van der Waals surface area contributed by atoms with Crippen molar-refractivity contribution in [3.8, 4) is 0 Å². The van der Waals surface area contributed by atoms with Crippen LogP contribution in [-0.2, 0) is 16.6 Å². The van der Waals surface area contributed by atoms with E-state index in [1.54, 1.807) is 13.8 Å². The number of hydrogen-bond acceptors (Lipinski definition) is 5. The number of aryl methyl sites for hydroxylation is 2. The van der Waals surface area contributed by atoms with Crippen molar-refractivity contribution in [2.45, 2.75) is 25.3 Å². The Morgan fingerprint density at radius 1 is 1.38 bits per heavy atom. The summed E-state index contributed by atoms with van der Waals surface area (Å²) in [5.41, 5.74) is 1.31. The fourth-order valence-electron chi connectivity index (χ4n) is 1.84. The third-order valence-corrected chi connectivity index (χ3v) is 4.50. The van der Waals surface area contributed by atoms with Crippen LogP contribution in [0.3, 0.4) is 0 Å². The fraction of sp³-hybridized carbons (Fsp3) is 0.250. The minimum absolute atomic E-state index is 0.0132. The Labute approximate surface area is 121 Å². The van der Waals surface area contributed by atoms with Crippen molar-refractivity contribution >= 4 is 16.0 Å². The molecule has 0 aliphatic heterocycles. The monoisotopic (exact) mass is 310 g/mol. The van der Waals surface area contributed by atoms with Crippen LogP contribution in [0, 0.1) is 13.8 Å². The second-order valence-electron chi connectivity index (χ2n) is 4.44. The second-order valence-corrected chi connectivity index (χ2v) is 6.15. The summed E-state index contributed by atoms with van der Waals surface area (Å²) < 4.78 is 26.8. The first kappa shape index (κ1) is 15.1. The third-order valence-electron chi connectivity index (χ3n) is 2.84. The Kier molecular flexibility index (Phi) is 4.05. The number of sulfonamides is 1. The molecule has 0 atom stereocenters. The van der Waals surface area contributed by atoms with Crippen LogP contribution >= 0.6 is 0 Å². The maximum Gasteiger partial charge on any atom is 0.354 e. The molecule has 0 aromatic carbocycles. The summed E-state index contributed by atoms with van der Waals surface area (Å²) in [4.78, 5) is 14.5. The molecule has 3 N–H and O–H groups in total. The van der Waals surface area contributed by atoms with Crippen LogP contribution in [-0.4, -0.2) is 34.7 Å². The maximum absolute atomic E-state index is 12.2. The van der Waals surface area contributed by atoms with Gasteiger partial charge in [-0.05, 0) is 25.5 Å². The molecule has 0 fully saturated rings. The van der Waals surface area contributed by atoms with E-state index in [1.807, 2.05) is 0 Å². The summed E-state index contributed by atoms with van der Waals surface area (Å²) in [5, 5.41) is 15.2. The van der Waals surface area contributed by atoms with E-state index in [-0.39, 0.29) is 17.1 Å². The van der Waals surface area contributed by atoms with Gasteiger partial charge in [-0.3, -0.25) is 5.10 Å². The SMILES string of the molecule is Cc1n[nH]c(C)c1S(=O)(=O)NCc1ccc(C(=O)O)nc1. The molecule has 0 aliphatic rings. The number of nitrogens with zero attached hydrogens (tertiary/aromatic N) is 2. The quantitative estimate of drug-likeness (QED) is 0.742. The molecule has 9 heteroatoms. The smallest absolute Gasteiger partial charge is 0.354 e. The molecule has 0 amide bonds. The molecular weight excluding hydrogens is 296 g/mol. The molecule has 21 heavy (non-hydrogen) atoms. The Balaban J connectivity index is 2.14. The highest BCUT2D eigenvalue weighted by atomic mass is 32.2. The minimum Gasteiger partial charge on any atom is -0.477 e. The fourth-order valence-corrected chi connectivity index (χ4v) is 3.23. The van der Waals surface area contributed by atoms with Gasteiger partial charge in [-0.1, -0.05) is 6.07 Å². The number of carboxylic acids is 1.